The number of thioether (sulfide) groups is 1. The highest BCUT2D eigenvalue weighted by Gasteiger charge is 2.18. The summed E-state index contributed by atoms with van der Waals surface area (Å²) in [5, 5.41) is 2.66. The van der Waals surface area contributed by atoms with E-state index in [1.165, 1.54) is 17.8 Å². The Morgan fingerprint density at radius 3 is 2.43 bits per heavy atom. The Morgan fingerprint density at radius 2 is 1.82 bits per heavy atom. The maximum absolute atomic E-state index is 12.5. The Balaban J connectivity index is 2.05. The minimum atomic E-state index is -0.459. The van der Waals surface area contributed by atoms with E-state index in [2.05, 4.69) is 5.32 Å². The molecule has 2 aromatic carbocycles. The van der Waals surface area contributed by atoms with E-state index in [4.69, 9.17) is 25.8 Å². The summed E-state index contributed by atoms with van der Waals surface area (Å²) in [7, 11) is 3.13. The molecule has 8 heteroatoms. The average molecular weight is 424 g/mol. The average Bonchev–Trinajstić information content (AvgIpc) is 2.69. The molecule has 0 saturated heterocycles. The van der Waals surface area contributed by atoms with Crippen LogP contribution in [0.25, 0.3) is 0 Å². The summed E-state index contributed by atoms with van der Waals surface area (Å²) >= 11 is 7.57. The van der Waals surface area contributed by atoms with Crippen LogP contribution in [0.1, 0.15) is 24.2 Å². The van der Waals surface area contributed by atoms with Crippen LogP contribution in [0, 0.1) is 0 Å². The molecule has 0 aromatic heterocycles. The number of benzene rings is 2. The predicted molar refractivity (Wildman–Crippen MR) is 111 cm³/mol. The van der Waals surface area contributed by atoms with E-state index in [0.717, 1.165) is 4.90 Å². The van der Waals surface area contributed by atoms with Gasteiger partial charge in [0.1, 0.15) is 0 Å². The zero-order chi connectivity index (χ0) is 20.7. The summed E-state index contributed by atoms with van der Waals surface area (Å²) in [5.74, 6) is 0.542. The molecule has 2 rings (SSSR count). The second kappa shape index (κ2) is 10.2. The number of halogens is 1. The molecule has 2 aromatic rings. The molecule has 0 aliphatic heterocycles. The fourth-order valence-electron chi connectivity index (χ4n) is 2.34. The van der Waals surface area contributed by atoms with Gasteiger partial charge in [-0.05, 0) is 50.2 Å². The Kier molecular flexibility index (Phi) is 8.02. The number of carbonyl (C=O) groups excluding carboxylic acids is 2. The highest BCUT2D eigenvalue weighted by atomic mass is 35.5. The molecule has 0 saturated carbocycles. The largest absolute Gasteiger partial charge is 0.493 e. The fourth-order valence-corrected chi connectivity index (χ4v) is 3.46. The SMILES string of the molecule is CCOC(=O)c1ccc(NC(=O)[C@@H](C)Sc2ccc(OC)c(OC)c2)c(Cl)c1. The number of amides is 1. The van der Waals surface area contributed by atoms with Crippen molar-refractivity contribution in [2.75, 3.05) is 26.1 Å². The first-order valence-electron chi connectivity index (χ1n) is 8.55. The second-order valence-electron chi connectivity index (χ2n) is 5.68. The maximum atomic E-state index is 12.5. The molecular formula is C20H22ClNO5S. The molecule has 0 aliphatic carbocycles. The van der Waals surface area contributed by atoms with Crippen LogP contribution in [0.5, 0.6) is 11.5 Å². The smallest absolute Gasteiger partial charge is 0.338 e. The molecule has 0 fully saturated rings. The van der Waals surface area contributed by atoms with Crippen LogP contribution in [-0.4, -0.2) is 38.0 Å². The van der Waals surface area contributed by atoms with Gasteiger partial charge in [-0.2, -0.15) is 0 Å². The van der Waals surface area contributed by atoms with Crippen molar-refractivity contribution in [2.24, 2.45) is 0 Å². The standard InChI is InChI=1S/C20H22ClNO5S/c1-5-27-20(24)13-6-8-16(15(21)10-13)22-19(23)12(2)28-14-7-9-17(25-3)18(11-14)26-4/h6-12H,5H2,1-4H3,(H,22,23)/t12-/m1/s1. The summed E-state index contributed by atoms with van der Waals surface area (Å²) in [6, 6.07) is 10.1. The first kappa shape index (κ1) is 21.9. The van der Waals surface area contributed by atoms with Crippen molar-refractivity contribution >= 4 is 40.9 Å². The fraction of sp³-hybridized carbons (Fsp3) is 0.300. The van der Waals surface area contributed by atoms with Gasteiger partial charge in [-0.25, -0.2) is 4.79 Å². The van der Waals surface area contributed by atoms with E-state index in [1.54, 1.807) is 46.3 Å². The molecule has 6 nitrogen and oxygen atoms in total. The minimum absolute atomic E-state index is 0.217. The highest BCUT2D eigenvalue weighted by Crippen LogP contribution is 2.34. The van der Waals surface area contributed by atoms with E-state index in [-0.39, 0.29) is 22.8 Å². The Labute approximate surface area is 173 Å². The highest BCUT2D eigenvalue weighted by molar-refractivity contribution is 8.00. The number of carbonyl (C=O) groups is 2. The number of rotatable bonds is 8. The molecule has 0 bridgehead atoms. The van der Waals surface area contributed by atoms with Crippen molar-refractivity contribution in [2.45, 2.75) is 24.0 Å². The molecule has 1 N–H and O–H groups in total. The van der Waals surface area contributed by atoms with Gasteiger partial charge >= 0.3 is 5.97 Å². The minimum Gasteiger partial charge on any atom is -0.493 e. The number of esters is 1. The quantitative estimate of drug-likeness (QED) is 0.492. The number of anilines is 1. The monoisotopic (exact) mass is 423 g/mol. The van der Waals surface area contributed by atoms with Crippen LogP contribution in [0.4, 0.5) is 5.69 Å². The van der Waals surface area contributed by atoms with Crippen molar-refractivity contribution in [1.82, 2.24) is 0 Å². The number of ether oxygens (including phenoxy) is 3. The van der Waals surface area contributed by atoms with Crippen molar-refractivity contribution in [3.63, 3.8) is 0 Å². The molecule has 1 amide bonds. The van der Waals surface area contributed by atoms with E-state index in [9.17, 15) is 9.59 Å². The van der Waals surface area contributed by atoms with Crippen molar-refractivity contribution in [3.05, 3.63) is 47.0 Å². The number of nitrogens with one attached hydrogen (secondary N) is 1. The zero-order valence-electron chi connectivity index (χ0n) is 16.1. The van der Waals surface area contributed by atoms with Gasteiger partial charge in [0.2, 0.25) is 5.91 Å². The van der Waals surface area contributed by atoms with Gasteiger partial charge in [0.15, 0.2) is 11.5 Å². The molecule has 150 valence electrons. The van der Waals surface area contributed by atoms with E-state index in [0.29, 0.717) is 22.7 Å². The van der Waals surface area contributed by atoms with Crippen LogP contribution < -0.4 is 14.8 Å². The topological polar surface area (TPSA) is 73.9 Å². The van der Waals surface area contributed by atoms with Gasteiger partial charge in [0, 0.05) is 4.90 Å². The summed E-state index contributed by atoms with van der Waals surface area (Å²) in [6.07, 6.45) is 0. The summed E-state index contributed by atoms with van der Waals surface area (Å²) in [6.45, 7) is 3.79. The maximum Gasteiger partial charge on any atom is 0.338 e. The number of hydrogen-bond acceptors (Lipinski definition) is 6. The predicted octanol–water partition coefficient (Wildman–Crippen LogP) is 4.65. The lowest BCUT2D eigenvalue weighted by Crippen LogP contribution is -2.22. The lowest BCUT2D eigenvalue weighted by molar-refractivity contribution is -0.115. The van der Waals surface area contributed by atoms with Crippen LogP contribution in [0.3, 0.4) is 0 Å². The van der Waals surface area contributed by atoms with Gasteiger partial charge in [-0.15, -0.1) is 11.8 Å². The normalized spacial score (nSPS) is 11.5. The summed E-state index contributed by atoms with van der Waals surface area (Å²) in [5.41, 5.74) is 0.761. The Hall–Kier alpha value is -2.38. The zero-order valence-corrected chi connectivity index (χ0v) is 17.6. The van der Waals surface area contributed by atoms with Crippen LogP contribution in [0.2, 0.25) is 5.02 Å². The third-order valence-corrected chi connectivity index (χ3v) is 5.18. The van der Waals surface area contributed by atoms with Crippen LogP contribution in [0.15, 0.2) is 41.3 Å². The van der Waals surface area contributed by atoms with E-state index < -0.39 is 5.97 Å². The number of hydrogen-bond donors (Lipinski definition) is 1. The van der Waals surface area contributed by atoms with Gasteiger partial charge in [-0.1, -0.05) is 11.6 Å². The van der Waals surface area contributed by atoms with Gasteiger partial charge < -0.3 is 19.5 Å². The molecule has 0 radical (unpaired) electrons. The van der Waals surface area contributed by atoms with Crippen molar-refractivity contribution in [1.29, 1.82) is 0 Å². The molecule has 0 spiro atoms. The van der Waals surface area contributed by atoms with E-state index >= 15 is 0 Å². The molecule has 1 atom stereocenters. The first-order valence-corrected chi connectivity index (χ1v) is 9.81. The van der Waals surface area contributed by atoms with Gasteiger partial charge in [0.25, 0.3) is 0 Å². The van der Waals surface area contributed by atoms with Crippen molar-refractivity contribution < 1.29 is 23.8 Å². The first-order chi connectivity index (χ1) is 13.4. The van der Waals surface area contributed by atoms with Gasteiger partial charge in [-0.3, -0.25) is 4.79 Å². The Bertz CT molecular complexity index is 858. The molecule has 28 heavy (non-hydrogen) atoms. The summed E-state index contributed by atoms with van der Waals surface area (Å²) in [4.78, 5) is 25.1. The third kappa shape index (κ3) is 5.56. The van der Waals surface area contributed by atoms with Crippen molar-refractivity contribution in [3.8, 4) is 11.5 Å². The number of methoxy groups -OCH3 is 2. The molecular weight excluding hydrogens is 402 g/mol. The van der Waals surface area contributed by atoms with Crippen LogP contribution in [-0.2, 0) is 9.53 Å². The lowest BCUT2D eigenvalue weighted by Gasteiger charge is -2.15. The molecule has 0 unspecified atom stereocenters. The second-order valence-corrected chi connectivity index (χ2v) is 7.50. The Morgan fingerprint density at radius 1 is 1.11 bits per heavy atom. The van der Waals surface area contributed by atoms with Crippen LogP contribution >= 0.6 is 23.4 Å². The molecule has 0 aliphatic rings. The third-order valence-electron chi connectivity index (χ3n) is 3.78. The summed E-state index contributed by atoms with van der Waals surface area (Å²) < 4.78 is 15.4. The molecule has 0 heterocycles. The van der Waals surface area contributed by atoms with E-state index in [1.807, 2.05) is 12.1 Å². The lowest BCUT2D eigenvalue weighted by atomic mass is 10.2. The van der Waals surface area contributed by atoms with Gasteiger partial charge in [0.05, 0.1) is 42.3 Å².